The molecule has 0 saturated heterocycles. The van der Waals surface area contributed by atoms with Crippen molar-refractivity contribution in [1.82, 2.24) is 10.0 Å². The van der Waals surface area contributed by atoms with E-state index in [1.165, 1.54) is 12.1 Å². The fourth-order valence-electron chi connectivity index (χ4n) is 2.61. The van der Waals surface area contributed by atoms with Crippen LogP contribution >= 0.6 is 0 Å². The number of unbranched alkanes of at least 4 members (excludes halogenated alkanes) is 1. The monoisotopic (exact) mass is 324 g/mol. The third-order valence-corrected chi connectivity index (χ3v) is 5.38. The second kappa shape index (κ2) is 7.74. The molecule has 1 aromatic rings. The molecule has 0 heterocycles. The van der Waals surface area contributed by atoms with Crippen molar-refractivity contribution in [2.75, 3.05) is 6.54 Å². The van der Waals surface area contributed by atoms with E-state index in [4.69, 9.17) is 0 Å². The summed E-state index contributed by atoms with van der Waals surface area (Å²) in [5.41, 5.74) is 0.394. The minimum absolute atomic E-state index is 0.141. The van der Waals surface area contributed by atoms with Gasteiger partial charge in [-0.05, 0) is 37.5 Å². The van der Waals surface area contributed by atoms with Crippen molar-refractivity contribution in [3.63, 3.8) is 0 Å². The van der Waals surface area contributed by atoms with Crippen molar-refractivity contribution in [2.24, 2.45) is 0 Å². The summed E-state index contributed by atoms with van der Waals surface area (Å²) in [6.45, 7) is 2.42. The molecule has 0 atom stereocenters. The van der Waals surface area contributed by atoms with E-state index in [1.54, 1.807) is 12.1 Å². The molecule has 0 radical (unpaired) electrons. The molecule has 1 aromatic carbocycles. The lowest BCUT2D eigenvalue weighted by Gasteiger charge is -2.12. The number of hydrogen-bond acceptors (Lipinski definition) is 3. The minimum Gasteiger partial charge on any atom is -0.349 e. The molecule has 0 aromatic heterocycles. The molecule has 122 valence electrons. The number of nitrogens with one attached hydrogen (secondary N) is 2. The fraction of sp³-hybridized carbons (Fsp3) is 0.562. The first-order valence-electron chi connectivity index (χ1n) is 7.93. The van der Waals surface area contributed by atoms with Gasteiger partial charge >= 0.3 is 0 Å². The van der Waals surface area contributed by atoms with Gasteiger partial charge in [-0.1, -0.05) is 32.3 Å². The molecule has 2 rings (SSSR count). The lowest BCUT2D eigenvalue weighted by molar-refractivity contribution is 0.0937. The van der Waals surface area contributed by atoms with Crippen LogP contribution in [0.15, 0.2) is 29.2 Å². The maximum Gasteiger partial charge on any atom is 0.251 e. The van der Waals surface area contributed by atoms with Gasteiger partial charge in [0.2, 0.25) is 10.0 Å². The van der Waals surface area contributed by atoms with E-state index in [0.717, 1.165) is 38.5 Å². The normalized spacial score (nSPS) is 15.9. The molecule has 1 aliphatic rings. The van der Waals surface area contributed by atoms with E-state index in [-0.39, 0.29) is 16.8 Å². The Labute approximate surface area is 132 Å². The number of hydrogen-bond donors (Lipinski definition) is 2. The largest absolute Gasteiger partial charge is 0.349 e. The van der Waals surface area contributed by atoms with Gasteiger partial charge in [0.05, 0.1) is 4.90 Å². The highest BCUT2D eigenvalue weighted by Gasteiger charge is 2.19. The van der Waals surface area contributed by atoms with E-state index >= 15 is 0 Å². The van der Waals surface area contributed by atoms with Crippen molar-refractivity contribution in [2.45, 2.75) is 56.4 Å². The average Bonchev–Trinajstić information content (AvgIpc) is 3.00. The summed E-state index contributed by atoms with van der Waals surface area (Å²) in [6.07, 6.45) is 6.00. The summed E-state index contributed by atoms with van der Waals surface area (Å²) in [7, 11) is -3.55. The number of carbonyl (C=O) groups is 1. The predicted molar refractivity (Wildman–Crippen MR) is 86.3 cm³/mol. The van der Waals surface area contributed by atoms with Crippen LogP contribution in [-0.4, -0.2) is 26.9 Å². The summed E-state index contributed by atoms with van der Waals surface area (Å²) in [6, 6.07) is 6.43. The molecule has 2 N–H and O–H groups in total. The average molecular weight is 324 g/mol. The zero-order chi connectivity index (χ0) is 16.0. The first kappa shape index (κ1) is 17.0. The van der Waals surface area contributed by atoms with E-state index in [2.05, 4.69) is 10.0 Å². The van der Waals surface area contributed by atoms with Gasteiger partial charge in [-0.3, -0.25) is 4.79 Å². The smallest absolute Gasteiger partial charge is 0.251 e. The quantitative estimate of drug-likeness (QED) is 0.756. The molecule has 22 heavy (non-hydrogen) atoms. The third-order valence-electron chi connectivity index (χ3n) is 3.92. The molecule has 0 bridgehead atoms. The topological polar surface area (TPSA) is 75.3 Å². The third kappa shape index (κ3) is 4.55. The van der Waals surface area contributed by atoms with Crippen LogP contribution in [0.4, 0.5) is 0 Å². The van der Waals surface area contributed by atoms with E-state index in [1.807, 2.05) is 6.92 Å². The maximum atomic E-state index is 12.2. The summed E-state index contributed by atoms with van der Waals surface area (Å²) in [5, 5.41) is 2.97. The predicted octanol–water partition coefficient (Wildman–Crippen LogP) is 2.44. The van der Waals surface area contributed by atoms with Gasteiger partial charge in [0.1, 0.15) is 0 Å². The molecule has 5 nitrogen and oxygen atoms in total. The fourth-order valence-corrected chi connectivity index (χ4v) is 3.73. The standard InChI is InChI=1S/C16H24N2O3S/c1-2-3-11-17-22(20,21)15-10-6-7-13(12-15)16(19)18-14-8-4-5-9-14/h6-7,10,12,14,17H,2-5,8-9,11H2,1H3,(H,18,19). The number of sulfonamides is 1. The van der Waals surface area contributed by atoms with E-state index in [0.29, 0.717) is 12.1 Å². The number of benzene rings is 1. The van der Waals surface area contributed by atoms with Crippen LogP contribution in [0.5, 0.6) is 0 Å². The van der Waals surface area contributed by atoms with Gasteiger partial charge in [-0.25, -0.2) is 13.1 Å². The Balaban J connectivity index is 2.06. The van der Waals surface area contributed by atoms with Crippen LogP contribution in [0.1, 0.15) is 55.8 Å². The molecule has 6 heteroatoms. The Bertz CT molecular complexity index is 608. The molecule has 0 spiro atoms. The highest BCUT2D eigenvalue weighted by Crippen LogP contribution is 2.18. The highest BCUT2D eigenvalue weighted by atomic mass is 32.2. The van der Waals surface area contributed by atoms with Gasteiger partial charge in [0.25, 0.3) is 5.91 Å². The van der Waals surface area contributed by atoms with Crippen LogP contribution in [0.25, 0.3) is 0 Å². The van der Waals surface area contributed by atoms with Crippen LogP contribution < -0.4 is 10.0 Å². The van der Waals surface area contributed by atoms with Gasteiger partial charge in [-0.15, -0.1) is 0 Å². The van der Waals surface area contributed by atoms with Gasteiger partial charge < -0.3 is 5.32 Å². The van der Waals surface area contributed by atoms with Crippen molar-refractivity contribution < 1.29 is 13.2 Å². The summed E-state index contributed by atoms with van der Waals surface area (Å²) < 4.78 is 26.9. The highest BCUT2D eigenvalue weighted by molar-refractivity contribution is 7.89. The molecule has 1 aliphatic carbocycles. The molecular formula is C16H24N2O3S. The Morgan fingerprint density at radius 3 is 2.68 bits per heavy atom. The van der Waals surface area contributed by atoms with E-state index < -0.39 is 10.0 Å². The van der Waals surface area contributed by atoms with Gasteiger partial charge in [0.15, 0.2) is 0 Å². The second-order valence-corrected chi connectivity index (χ2v) is 7.50. The number of amides is 1. The first-order valence-corrected chi connectivity index (χ1v) is 9.42. The Kier molecular flexibility index (Phi) is 5.97. The van der Waals surface area contributed by atoms with Crippen LogP contribution in [0.3, 0.4) is 0 Å². The van der Waals surface area contributed by atoms with Gasteiger partial charge in [0, 0.05) is 18.2 Å². The lowest BCUT2D eigenvalue weighted by Crippen LogP contribution is -2.32. The first-order chi connectivity index (χ1) is 10.5. The number of carbonyl (C=O) groups excluding carboxylic acids is 1. The minimum atomic E-state index is -3.55. The molecular weight excluding hydrogens is 300 g/mol. The molecule has 0 aliphatic heterocycles. The van der Waals surface area contributed by atoms with Crippen LogP contribution in [-0.2, 0) is 10.0 Å². The van der Waals surface area contributed by atoms with Crippen LogP contribution in [0.2, 0.25) is 0 Å². The van der Waals surface area contributed by atoms with Crippen molar-refractivity contribution >= 4 is 15.9 Å². The van der Waals surface area contributed by atoms with Crippen LogP contribution in [0, 0.1) is 0 Å². The molecule has 1 saturated carbocycles. The number of rotatable bonds is 7. The Morgan fingerprint density at radius 2 is 2.00 bits per heavy atom. The zero-order valence-electron chi connectivity index (χ0n) is 13.0. The Morgan fingerprint density at radius 1 is 1.27 bits per heavy atom. The molecule has 1 amide bonds. The van der Waals surface area contributed by atoms with Crippen molar-refractivity contribution in [3.05, 3.63) is 29.8 Å². The second-order valence-electron chi connectivity index (χ2n) is 5.73. The maximum absolute atomic E-state index is 12.2. The van der Waals surface area contributed by atoms with E-state index in [9.17, 15) is 13.2 Å². The van der Waals surface area contributed by atoms with Crippen molar-refractivity contribution in [3.8, 4) is 0 Å². The SMILES string of the molecule is CCCCNS(=O)(=O)c1cccc(C(=O)NC2CCCC2)c1. The molecule has 0 unspecified atom stereocenters. The lowest BCUT2D eigenvalue weighted by atomic mass is 10.2. The van der Waals surface area contributed by atoms with Crippen molar-refractivity contribution in [1.29, 1.82) is 0 Å². The van der Waals surface area contributed by atoms with Gasteiger partial charge in [-0.2, -0.15) is 0 Å². The summed E-state index contributed by atoms with van der Waals surface area (Å²) >= 11 is 0. The summed E-state index contributed by atoms with van der Waals surface area (Å²) in [4.78, 5) is 12.4. The summed E-state index contributed by atoms with van der Waals surface area (Å²) in [5.74, 6) is -0.197. The Hall–Kier alpha value is -1.40. The molecule has 1 fully saturated rings. The zero-order valence-corrected chi connectivity index (χ0v) is 13.8.